The Morgan fingerprint density at radius 2 is 1.34 bits per heavy atom. The van der Waals surface area contributed by atoms with Gasteiger partial charge in [-0.15, -0.1) is 0 Å². The summed E-state index contributed by atoms with van der Waals surface area (Å²) < 4.78 is 42.7. The molecule has 0 saturated heterocycles. The molecule has 5 rings (SSSR count). The number of aromatic nitrogens is 2. The summed E-state index contributed by atoms with van der Waals surface area (Å²) in [5.41, 5.74) is 1.47. The monoisotopic (exact) mass is 624 g/mol. The van der Waals surface area contributed by atoms with Crippen molar-refractivity contribution in [1.82, 2.24) is 19.8 Å². The number of carbonyl (C=O) groups excluding carboxylic acids is 1. The Morgan fingerprint density at radius 3 is 1.91 bits per heavy atom. The molecule has 0 radical (unpaired) electrons. The fourth-order valence-corrected chi connectivity index (χ4v) is 7.25. The molecule has 2 saturated carbocycles. The number of amides is 1. The Bertz CT molecular complexity index is 1500. The van der Waals surface area contributed by atoms with Crippen LogP contribution < -0.4 is 10.0 Å². The second kappa shape index (κ2) is 14.9. The molecule has 2 aliphatic carbocycles. The van der Waals surface area contributed by atoms with E-state index >= 15 is 0 Å². The van der Waals surface area contributed by atoms with Crippen molar-refractivity contribution >= 4 is 21.9 Å². The van der Waals surface area contributed by atoms with Gasteiger partial charge in [0.25, 0.3) is 5.91 Å². The van der Waals surface area contributed by atoms with Crippen molar-refractivity contribution in [2.45, 2.75) is 94.7 Å². The predicted molar refractivity (Wildman–Crippen MR) is 163 cm³/mol. The number of hydrogen-bond donors (Lipinski definition) is 3. The molecule has 1 aromatic heterocycles. The summed E-state index contributed by atoms with van der Waals surface area (Å²) in [7, 11) is -4.03. The lowest BCUT2D eigenvalue weighted by atomic mass is 9.92. The van der Waals surface area contributed by atoms with Gasteiger partial charge in [0.15, 0.2) is 11.6 Å². The fourth-order valence-electron chi connectivity index (χ4n) is 5.92. The van der Waals surface area contributed by atoms with Gasteiger partial charge in [0.2, 0.25) is 10.0 Å². The summed E-state index contributed by atoms with van der Waals surface area (Å²) >= 11 is 0. The average Bonchev–Trinajstić information content (AvgIpc) is 3.44. The number of nitrogens with one attached hydrogen (secondary N) is 2. The van der Waals surface area contributed by atoms with Crippen LogP contribution in [0.2, 0.25) is 0 Å². The molecule has 1 amide bonds. The summed E-state index contributed by atoms with van der Waals surface area (Å²) in [6.07, 6.45) is 5.90. The first kappa shape index (κ1) is 31.8. The van der Waals surface area contributed by atoms with Crippen LogP contribution in [0.25, 0.3) is 0 Å². The van der Waals surface area contributed by atoms with Crippen LogP contribution in [0.15, 0.2) is 66.7 Å². The number of carbonyl (C=O) groups is 2. The average molecular weight is 625 g/mol. The normalized spacial score (nSPS) is 22.4. The Hall–Kier alpha value is -3.58. The highest BCUT2D eigenvalue weighted by Crippen LogP contribution is 2.25. The van der Waals surface area contributed by atoms with E-state index in [0.717, 1.165) is 54.0 Å². The number of ether oxygens (including phenoxy) is 2. The molecule has 4 atom stereocenters. The van der Waals surface area contributed by atoms with E-state index in [2.05, 4.69) is 15.1 Å². The lowest BCUT2D eigenvalue weighted by molar-refractivity contribution is -0.00471. The van der Waals surface area contributed by atoms with Crippen molar-refractivity contribution < 1.29 is 32.6 Å². The molecular formula is C32H40N4O7S. The van der Waals surface area contributed by atoms with Crippen LogP contribution in [0.5, 0.6) is 0 Å². The van der Waals surface area contributed by atoms with Gasteiger partial charge in [-0.25, -0.2) is 22.6 Å². The maximum Gasteiger partial charge on any atom is 0.356 e. The van der Waals surface area contributed by atoms with Crippen molar-refractivity contribution in [3.63, 3.8) is 0 Å². The minimum Gasteiger partial charge on any atom is -0.476 e. The number of aromatic carboxylic acids is 1. The molecule has 2 aromatic carbocycles. The summed E-state index contributed by atoms with van der Waals surface area (Å²) in [6, 6.07) is 19.8. The minimum absolute atomic E-state index is 0.138. The zero-order chi connectivity index (χ0) is 30.9. The largest absolute Gasteiger partial charge is 0.476 e. The predicted octanol–water partition coefficient (Wildman–Crippen LogP) is 4.24. The summed E-state index contributed by atoms with van der Waals surface area (Å²) in [4.78, 5) is 25.2. The molecule has 2 aliphatic rings. The topological polar surface area (TPSA) is 149 Å². The SMILES string of the molecule is O=C(O)c1cc(C(=O)N[C@H]2CCCC[C@@H]2OCc2ccccc2)n(CS(=O)(=O)N[C@H]2CCCCC2OCc2ccccc2)n1. The molecule has 44 heavy (non-hydrogen) atoms. The molecule has 1 unspecified atom stereocenters. The summed E-state index contributed by atoms with van der Waals surface area (Å²) in [5, 5.41) is 16.5. The van der Waals surface area contributed by atoms with Gasteiger partial charge in [0.05, 0.1) is 31.5 Å². The van der Waals surface area contributed by atoms with Gasteiger partial charge in [-0.3, -0.25) is 4.79 Å². The third-order valence-corrected chi connectivity index (χ3v) is 9.44. The first-order valence-electron chi connectivity index (χ1n) is 15.2. The molecule has 3 aromatic rings. The Balaban J connectivity index is 1.25. The van der Waals surface area contributed by atoms with E-state index in [9.17, 15) is 23.1 Å². The van der Waals surface area contributed by atoms with E-state index in [1.807, 2.05) is 60.7 Å². The van der Waals surface area contributed by atoms with Gasteiger partial charge in [-0.05, 0) is 36.8 Å². The molecule has 11 nitrogen and oxygen atoms in total. The number of sulfonamides is 1. The lowest BCUT2D eigenvalue weighted by Gasteiger charge is -2.32. The Labute approximate surface area is 258 Å². The van der Waals surface area contributed by atoms with E-state index < -0.39 is 39.5 Å². The molecule has 0 bridgehead atoms. The zero-order valence-corrected chi connectivity index (χ0v) is 25.5. The quantitative estimate of drug-likeness (QED) is 0.256. The molecule has 1 heterocycles. The van der Waals surface area contributed by atoms with E-state index in [1.165, 1.54) is 0 Å². The standard InChI is InChI=1S/C32H40N4O7S/c37-31(33-25-15-7-9-17-29(25)42-20-23-11-3-1-4-12-23)28-19-27(32(38)39)34-36(28)22-44(40,41)35-26-16-8-10-18-30(26)43-21-24-13-5-2-6-14-24/h1-6,11-14,19,25-26,29-30,35H,7-10,15-18,20-22H2,(H,33,37)(H,38,39)/t25-,26-,29-,30?/m0/s1. The van der Waals surface area contributed by atoms with E-state index in [4.69, 9.17) is 9.47 Å². The molecule has 0 spiro atoms. The Morgan fingerprint density at radius 1 is 0.818 bits per heavy atom. The number of hydrogen-bond acceptors (Lipinski definition) is 7. The summed E-state index contributed by atoms with van der Waals surface area (Å²) in [6.45, 7) is 0.770. The molecule has 236 valence electrons. The third kappa shape index (κ3) is 8.75. The molecule has 3 N–H and O–H groups in total. The van der Waals surface area contributed by atoms with Gasteiger partial charge in [-0.2, -0.15) is 5.10 Å². The molecule has 2 fully saturated rings. The highest BCUT2D eigenvalue weighted by atomic mass is 32.2. The van der Waals surface area contributed by atoms with Crippen molar-refractivity contribution in [2.75, 3.05) is 0 Å². The van der Waals surface area contributed by atoms with E-state index in [-0.39, 0.29) is 23.9 Å². The van der Waals surface area contributed by atoms with Gasteiger partial charge >= 0.3 is 5.97 Å². The first-order valence-corrected chi connectivity index (χ1v) is 16.9. The van der Waals surface area contributed by atoms with Crippen LogP contribution in [0, 0.1) is 0 Å². The fraction of sp³-hybridized carbons (Fsp3) is 0.469. The first-order chi connectivity index (χ1) is 21.3. The third-order valence-electron chi connectivity index (χ3n) is 8.19. The zero-order valence-electron chi connectivity index (χ0n) is 24.6. The number of nitrogens with zero attached hydrogens (tertiary/aromatic N) is 2. The number of benzene rings is 2. The van der Waals surface area contributed by atoms with Crippen molar-refractivity contribution in [1.29, 1.82) is 0 Å². The van der Waals surface area contributed by atoms with Gasteiger partial charge in [0, 0.05) is 12.1 Å². The van der Waals surface area contributed by atoms with Crippen LogP contribution >= 0.6 is 0 Å². The van der Waals surface area contributed by atoms with Crippen LogP contribution in [0.1, 0.15) is 83.5 Å². The van der Waals surface area contributed by atoms with Crippen LogP contribution in [0.3, 0.4) is 0 Å². The maximum atomic E-state index is 13.5. The van der Waals surface area contributed by atoms with Crippen LogP contribution in [0.4, 0.5) is 0 Å². The van der Waals surface area contributed by atoms with E-state index in [0.29, 0.717) is 32.5 Å². The second-order valence-electron chi connectivity index (χ2n) is 11.5. The molecule has 12 heteroatoms. The number of carboxylic acid groups (broad SMARTS) is 1. The van der Waals surface area contributed by atoms with Gasteiger partial charge < -0.3 is 19.9 Å². The van der Waals surface area contributed by atoms with Crippen LogP contribution in [-0.4, -0.2) is 59.5 Å². The van der Waals surface area contributed by atoms with Gasteiger partial charge in [0.1, 0.15) is 5.69 Å². The highest BCUT2D eigenvalue weighted by molar-refractivity contribution is 7.88. The van der Waals surface area contributed by atoms with Crippen molar-refractivity contribution in [3.05, 3.63) is 89.2 Å². The summed E-state index contributed by atoms with van der Waals surface area (Å²) in [5.74, 6) is -2.66. The van der Waals surface area contributed by atoms with Gasteiger partial charge in [-0.1, -0.05) is 86.3 Å². The molecule has 0 aliphatic heterocycles. The smallest absolute Gasteiger partial charge is 0.356 e. The Kier molecular flexibility index (Phi) is 10.8. The van der Waals surface area contributed by atoms with Crippen molar-refractivity contribution in [3.8, 4) is 0 Å². The second-order valence-corrected chi connectivity index (χ2v) is 13.2. The highest BCUT2D eigenvalue weighted by Gasteiger charge is 2.33. The minimum atomic E-state index is -4.03. The van der Waals surface area contributed by atoms with E-state index in [1.54, 1.807) is 0 Å². The number of rotatable bonds is 13. The number of carboxylic acids is 1. The lowest BCUT2D eigenvalue weighted by Crippen LogP contribution is -2.48. The molecular weight excluding hydrogens is 584 g/mol. The van der Waals surface area contributed by atoms with Crippen LogP contribution in [-0.2, 0) is 38.6 Å². The maximum absolute atomic E-state index is 13.5. The van der Waals surface area contributed by atoms with Crippen molar-refractivity contribution in [2.24, 2.45) is 0 Å².